The maximum Gasteiger partial charge on any atom is 0.410 e. The molecule has 0 saturated carbocycles. The topological polar surface area (TPSA) is 68.3 Å². The predicted octanol–water partition coefficient (Wildman–Crippen LogP) is 4.99. The summed E-state index contributed by atoms with van der Waals surface area (Å²) in [6.45, 7) is 6.35. The van der Waals surface area contributed by atoms with Gasteiger partial charge in [0.2, 0.25) is 0 Å². The summed E-state index contributed by atoms with van der Waals surface area (Å²) in [6, 6.07) is 12.1. The Kier molecular flexibility index (Phi) is 7.14. The first-order valence-electron chi connectivity index (χ1n) is 11.7. The van der Waals surface area contributed by atoms with Crippen LogP contribution in [0, 0.1) is 17.6 Å². The summed E-state index contributed by atoms with van der Waals surface area (Å²) < 4.78 is 43.8. The lowest BCUT2D eigenvalue weighted by atomic mass is 10.0. The predicted molar refractivity (Wildman–Crippen MR) is 124 cm³/mol. The van der Waals surface area contributed by atoms with E-state index in [0.29, 0.717) is 19.5 Å². The average molecular weight is 489 g/mol. The van der Waals surface area contributed by atoms with Crippen molar-refractivity contribution < 1.29 is 32.6 Å². The summed E-state index contributed by atoms with van der Waals surface area (Å²) in [5.74, 6) is -2.06. The van der Waals surface area contributed by atoms with Crippen molar-refractivity contribution in [2.24, 2.45) is 5.92 Å². The minimum absolute atomic E-state index is 0.105. The first-order valence-corrected chi connectivity index (χ1v) is 11.7. The second-order valence-electron chi connectivity index (χ2n) is 9.86. The molecule has 0 radical (unpaired) electrons. The molecular weight excluding hydrogens is 458 g/mol. The number of amides is 2. The molecule has 0 spiro atoms. The molecule has 2 aliphatic rings. The van der Waals surface area contributed by atoms with Crippen molar-refractivity contribution in [3.05, 3.63) is 65.7 Å². The quantitative estimate of drug-likeness (QED) is 0.593. The van der Waals surface area contributed by atoms with Crippen LogP contribution >= 0.6 is 0 Å². The molecule has 2 amide bonds. The molecule has 4 rings (SSSR count). The molecule has 2 aliphatic heterocycles. The number of likely N-dealkylation sites (tertiary alicyclic amines) is 2. The smallest absolute Gasteiger partial charge is 0.410 e. The lowest BCUT2D eigenvalue weighted by Crippen LogP contribution is -2.46. The van der Waals surface area contributed by atoms with Crippen LogP contribution in [0.2, 0.25) is 0 Å². The van der Waals surface area contributed by atoms with Crippen LogP contribution in [0.1, 0.15) is 32.8 Å². The van der Waals surface area contributed by atoms with Gasteiger partial charge in [0.05, 0.1) is 18.7 Å². The summed E-state index contributed by atoms with van der Waals surface area (Å²) in [4.78, 5) is 29.2. The average Bonchev–Trinajstić information content (AvgIpc) is 3.39. The first-order chi connectivity index (χ1) is 16.6. The Hall–Kier alpha value is -3.36. The minimum Gasteiger partial charge on any atom is -0.493 e. The molecule has 2 fully saturated rings. The van der Waals surface area contributed by atoms with Crippen molar-refractivity contribution in [3.63, 3.8) is 0 Å². The Labute approximate surface area is 203 Å². The Balaban J connectivity index is 1.49. The van der Waals surface area contributed by atoms with Crippen LogP contribution in [0.4, 0.5) is 18.4 Å². The van der Waals surface area contributed by atoms with Gasteiger partial charge >= 0.3 is 12.2 Å². The number of nitrogens with zero attached hydrogens (tertiary/aromatic N) is 2. The number of hydrogen-bond acceptors (Lipinski definition) is 5. The SMILES string of the molecule is CC(C)(C)OC(=O)N1CC[C@@H]2[C@H]1[C@@H](COc1ccc(F)c(F)c1)CN2C(=O)OCc1ccccc1. The van der Waals surface area contributed by atoms with Crippen molar-refractivity contribution in [1.29, 1.82) is 0 Å². The monoisotopic (exact) mass is 488 g/mol. The number of fused-ring (bicyclic) bond motifs is 1. The second-order valence-corrected chi connectivity index (χ2v) is 9.86. The fraction of sp³-hybridized carbons (Fsp3) is 0.462. The maximum atomic E-state index is 13.6. The Morgan fingerprint density at radius 1 is 1.00 bits per heavy atom. The van der Waals surface area contributed by atoms with E-state index in [4.69, 9.17) is 14.2 Å². The Bertz CT molecular complexity index is 1060. The molecule has 7 nitrogen and oxygen atoms in total. The molecule has 2 aromatic carbocycles. The molecule has 0 aliphatic carbocycles. The summed E-state index contributed by atoms with van der Waals surface area (Å²) in [6.07, 6.45) is -0.348. The van der Waals surface area contributed by atoms with Crippen LogP contribution in [0.15, 0.2) is 48.5 Å². The van der Waals surface area contributed by atoms with Gasteiger partial charge in [-0.2, -0.15) is 0 Å². The third-order valence-corrected chi connectivity index (χ3v) is 6.16. The van der Waals surface area contributed by atoms with Crippen molar-refractivity contribution >= 4 is 12.2 Å². The molecule has 0 unspecified atom stereocenters. The van der Waals surface area contributed by atoms with Gasteiger partial charge in [-0.1, -0.05) is 30.3 Å². The van der Waals surface area contributed by atoms with Gasteiger partial charge < -0.3 is 24.0 Å². The molecule has 0 bridgehead atoms. The molecule has 0 aromatic heterocycles. The third-order valence-electron chi connectivity index (χ3n) is 6.16. The zero-order chi connectivity index (χ0) is 25.2. The fourth-order valence-corrected chi connectivity index (χ4v) is 4.67. The molecule has 188 valence electrons. The molecule has 2 aromatic rings. The van der Waals surface area contributed by atoms with Crippen LogP contribution in [-0.2, 0) is 16.1 Å². The van der Waals surface area contributed by atoms with Gasteiger partial charge in [0.25, 0.3) is 0 Å². The molecular formula is C26H30F2N2O5. The number of ether oxygens (including phenoxy) is 3. The van der Waals surface area contributed by atoms with Gasteiger partial charge in [0, 0.05) is 25.1 Å². The lowest BCUT2D eigenvalue weighted by Gasteiger charge is -2.30. The summed E-state index contributed by atoms with van der Waals surface area (Å²) in [7, 11) is 0. The van der Waals surface area contributed by atoms with Crippen molar-refractivity contribution in [3.8, 4) is 5.75 Å². The summed E-state index contributed by atoms with van der Waals surface area (Å²) in [5, 5.41) is 0. The van der Waals surface area contributed by atoms with E-state index in [1.807, 2.05) is 30.3 Å². The van der Waals surface area contributed by atoms with Gasteiger partial charge in [-0.05, 0) is 44.9 Å². The van der Waals surface area contributed by atoms with Crippen LogP contribution in [0.25, 0.3) is 0 Å². The van der Waals surface area contributed by atoms with E-state index in [9.17, 15) is 18.4 Å². The molecule has 35 heavy (non-hydrogen) atoms. The number of benzene rings is 2. The van der Waals surface area contributed by atoms with Crippen molar-refractivity contribution in [2.75, 3.05) is 19.7 Å². The van der Waals surface area contributed by atoms with Crippen LogP contribution in [-0.4, -0.2) is 59.4 Å². The van der Waals surface area contributed by atoms with Gasteiger partial charge in [0.15, 0.2) is 11.6 Å². The summed E-state index contributed by atoms with van der Waals surface area (Å²) in [5.41, 5.74) is 0.205. The first kappa shape index (κ1) is 24.8. The minimum atomic E-state index is -1.01. The van der Waals surface area contributed by atoms with E-state index in [0.717, 1.165) is 17.7 Å². The third kappa shape index (κ3) is 5.83. The fourth-order valence-electron chi connectivity index (χ4n) is 4.67. The molecule has 0 N–H and O–H groups in total. The Morgan fingerprint density at radius 2 is 1.74 bits per heavy atom. The number of hydrogen-bond donors (Lipinski definition) is 0. The van der Waals surface area contributed by atoms with Gasteiger partial charge in [-0.3, -0.25) is 0 Å². The molecule has 3 atom stereocenters. The van der Waals surface area contributed by atoms with Crippen molar-refractivity contribution in [2.45, 2.75) is 51.5 Å². The number of rotatable bonds is 5. The highest BCUT2D eigenvalue weighted by Gasteiger charge is 2.53. The number of carbonyl (C=O) groups is 2. The number of halogens is 2. The normalized spacial score (nSPS) is 21.6. The van der Waals surface area contributed by atoms with Crippen LogP contribution < -0.4 is 4.74 Å². The standard InChI is InChI=1S/C26H30F2N2O5/c1-26(2,3)35-25(32)29-12-11-22-23(29)18(16-33-19-9-10-20(27)21(28)13-19)14-30(22)24(31)34-15-17-7-5-4-6-8-17/h4-10,13,18,22-23H,11-12,14-16H2,1-3H3/t18-,22-,23-/m1/s1. The van der Waals surface area contributed by atoms with E-state index in [2.05, 4.69) is 0 Å². The highest BCUT2D eigenvalue weighted by atomic mass is 19.2. The lowest BCUT2D eigenvalue weighted by molar-refractivity contribution is 0.0172. The number of carbonyl (C=O) groups excluding carboxylic acids is 2. The maximum absolute atomic E-state index is 13.6. The highest BCUT2D eigenvalue weighted by molar-refractivity contribution is 5.72. The van der Waals surface area contributed by atoms with E-state index >= 15 is 0 Å². The van der Waals surface area contributed by atoms with Crippen molar-refractivity contribution in [1.82, 2.24) is 9.80 Å². The zero-order valence-corrected chi connectivity index (χ0v) is 20.1. The second kappa shape index (κ2) is 10.1. The summed E-state index contributed by atoms with van der Waals surface area (Å²) >= 11 is 0. The van der Waals surface area contributed by atoms with E-state index in [-0.39, 0.29) is 37.0 Å². The van der Waals surface area contributed by atoms with E-state index < -0.39 is 29.4 Å². The Morgan fingerprint density at radius 3 is 2.43 bits per heavy atom. The largest absolute Gasteiger partial charge is 0.493 e. The van der Waals surface area contributed by atoms with Gasteiger partial charge in [0.1, 0.15) is 18.0 Å². The van der Waals surface area contributed by atoms with E-state index in [1.54, 1.807) is 30.6 Å². The molecule has 2 heterocycles. The van der Waals surface area contributed by atoms with E-state index in [1.165, 1.54) is 6.07 Å². The molecule has 9 heteroatoms. The van der Waals surface area contributed by atoms with Gasteiger partial charge in [-0.15, -0.1) is 0 Å². The van der Waals surface area contributed by atoms with Crippen LogP contribution in [0.5, 0.6) is 5.75 Å². The zero-order valence-electron chi connectivity index (χ0n) is 20.1. The van der Waals surface area contributed by atoms with Gasteiger partial charge in [-0.25, -0.2) is 18.4 Å². The van der Waals surface area contributed by atoms with Crippen LogP contribution in [0.3, 0.4) is 0 Å². The molecule has 2 saturated heterocycles. The highest BCUT2D eigenvalue weighted by Crippen LogP contribution is 2.37.